The molecule has 50 heavy (non-hydrogen) atoms. The van der Waals surface area contributed by atoms with E-state index in [0.29, 0.717) is 17.8 Å². The fourth-order valence-electron chi connectivity index (χ4n) is 3.30. The summed E-state index contributed by atoms with van der Waals surface area (Å²) in [7, 11) is 1.62. The zero-order valence-electron chi connectivity index (χ0n) is 26.0. The van der Waals surface area contributed by atoms with Gasteiger partial charge in [-0.15, -0.1) is 12.8 Å². The molecule has 0 radical (unpaired) electrons. The lowest BCUT2D eigenvalue weighted by Crippen LogP contribution is -2.28. The van der Waals surface area contributed by atoms with E-state index in [1.807, 2.05) is 30.3 Å². The van der Waals surface area contributed by atoms with Crippen molar-refractivity contribution >= 4 is 22.8 Å². The number of nitro groups is 1. The summed E-state index contributed by atoms with van der Waals surface area (Å²) in [5, 5.41) is 18.3. The van der Waals surface area contributed by atoms with Crippen LogP contribution in [0.3, 0.4) is 0 Å². The number of benzene rings is 1. The van der Waals surface area contributed by atoms with E-state index >= 15 is 0 Å². The number of rotatable bonds is 6. The summed E-state index contributed by atoms with van der Waals surface area (Å²) in [6.07, 6.45) is 14.5. The van der Waals surface area contributed by atoms with Gasteiger partial charge in [-0.05, 0) is 124 Å². The summed E-state index contributed by atoms with van der Waals surface area (Å²) in [5.74, 6) is 43.4. The van der Waals surface area contributed by atoms with Crippen molar-refractivity contribution in [1.82, 2.24) is 29.7 Å². The Morgan fingerprint density at radius 2 is 1.50 bits per heavy atom. The average Bonchev–Trinajstić information content (AvgIpc) is 3.64. The monoisotopic (exact) mass is 668 g/mol. The van der Waals surface area contributed by atoms with E-state index in [2.05, 4.69) is 133 Å². The van der Waals surface area contributed by atoms with Crippen LogP contribution in [0, 0.1) is 118 Å². The third-order valence-corrected chi connectivity index (χ3v) is 5.22. The highest BCUT2D eigenvalue weighted by Crippen LogP contribution is 2.18. The first-order valence-electron chi connectivity index (χ1n) is 13.3. The zero-order chi connectivity index (χ0) is 36.4. The quantitative estimate of drug-likeness (QED) is 0.103. The average molecular weight is 669 g/mol. The maximum Gasteiger partial charge on any atom is 0.352 e. The van der Waals surface area contributed by atoms with Gasteiger partial charge < -0.3 is 14.9 Å². The van der Waals surface area contributed by atoms with E-state index in [9.17, 15) is 14.9 Å². The number of pyridine rings is 1. The molecule has 1 aromatic carbocycles. The number of nitrogens with one attached hydrogen (secondary N) is 1. The van der Waals surface area contributed by atoms with Crippen molar-refractivity contribution in [1.29, 1.82) is 0 Å². The van der Waals surface area contributed by atoms with Crippen molar-refractivity contribution in [2.75, 3.05) is 7.11 Å². The maximum absolute atomic E-state index is 12.8. The molecule has 0 atom stereocenters. The molecule has 3 aromatic heterocycles. The molecule has 0 fully saturated rings. The highest BCUT2D eigenvalue weighted by molar-refractivity contribution is 5.90. The lowest BCUT2D eigenvalue weighted by atomic mass is 10.2. The number of fused-ring (bicyclic) bond motifs is 3. The molecule has 0 aliphatic carbocycles. The van der Waals surface area contributed by atoms with E-state index < -0.39 is 5.03 Å². The number of methoxy groups -OCH3 is 1. The molecule has 3 N–H and O–H groups in total. The Balaban J connectivity index is -0.000000250. The fourth-order valence-corrected chi connectivity index (χ4v) is 3.30. The van der Waals surface area contributed by atoms with E-state index in [4.69, 9.17) is 17.6 Å². The number of hydrogen-bond donors (Lipinski definition) is 2. The molecule has 0 saturated heterocycles. The topological polar surface area (TPSA) is 180 Å². The molecular formula is C36H32N10O4. The Labute approximate surface area is 295 Å². The minimum Gasteiger partial charge on any atom is -0.497 e. The van der Waals surface area contributed by atoms with Crippen LogP contribution in [0.5, 0.6) is 5.75 Å². The van der Waals surface area contributed by atoms with E-state index in [1.165, 1.54) is 16.4 Å². The fraction of sp³-hybridized carbons (Fsp3) is 0.0556. The third-order valence-electron chi connectivity index (χ3n) is 5.22. The van der Waals surface area contributed by atoms with Gasteiger partial charge in [0.25, 0.3) is 0 Å². The Hall–Kier alpha value is -8.84. The minimum atomic E-state index is -0.879. The van der Waals surface area contributed by atoms with Gasteiger partial charge in [0.15, 0.2) is 10.9 Å². The Kier molecular flexibility index (Phi) is 16.3. The van der Waals surface area contributed by atoms with Crippen LogP contribution in [-0.4, -0.2) is 36.3 Å². The maximum atomic E-state index is 12.8. The molecule has 0 aliphatic rings. The Bertz CT molecular complexity index is 2480. The molecular weight excluding hydrogens is 636 g/mol. The van der Waals surface area contributed by atoms with Crippen molar-refractivity contribution in [3.63, 3.8) is 0 Å². The van der Waals surface area contributed by atoms with Gasteiger partial charge in [0.2, 0.25) is 0 Å². The van der Waals surface area contributed by atoms with E-state index in [-0.39, 0.29) is 14.2 Å². The smallest absolute Gasteiger partial charge is 0.352 e. The van der Waals surface area contributed by atoms with E-state index in [1.54, 1.807) is 23.9 Å². The van der Waals surface area contributed by atoms with Gasteiger partial charge in [-0.1, -0.05) is 24.8 Å². The number of terminal acetylenes is 2. The summed E-state index contributed by atoms with van der Waals surface area (Å²) in [6.45, 7) is 4.14. The van der Waals surface area contributed by atoms with Crippen molar-refractivity contribution in [3.05, 3.63) is 81.2 Å². The number of nitrogens with zero attached hydrogens (tertiary/aromatic N) is 8. The Morgan fingerprint density at radius 3 is 1.94 bits per heavy atom. The molecule has 14 heteroatoms. The number of nitrogens with two attached hydrogens (primary N) is 1. The summed E-state index contributed by atoms with van der Waals surface area (Å²) >= 11 is 0. The molecule has 0 bridgehead atoms. The van der Waals surface area contributed by atoms with Crippen molar-refractivity contribution in [2.45, 2.75) is 6.54 Å². The summed E-state index contributed by atoms with van der Waals surface area (Å²) in [5.41, 5.74) is 3.93. The number of ether oxygens (including phenoxy) is 1. The summed E-state index contributed by atoms with van der Waals surface area (Å²) in [6, 6.07) is 9.46. The first-order valence-corrected chi connectivity index (χ1v) is 13.3. The van der Waals surface area contributed by atoms with Crippen LogP contribution in [0.4, 0.5) is 0 Å². The van der Waals surface area contributed by atoms with Crippen LogP contribution in [0.15, 0.2) is 64.7 Å². The van der Waals surface area contributed by atoms with Crippen LogP contribution in [-0.2, 0) is 6.54 Å². The van der Waals surface area contributed by atoms with Gasteiger partial charge in [0.1, 0.15) is 17.7 Å². The molecule has 0 saturated carbocycles. The second-order valence-electron chi connectivity index (χ2n) is 8.17. The van der Waals surface area contributed by atoms with Crippen LogP contribution in [0.2, 0.25) is 0 Å². The summed E-state index contributed by atoms with van der Waals surface area (Å²) in [4.78, 5) is 30.7. The first-order chi connectivity index (χ1) is 24.4. The molecule has 4 aromatic rings. The minimum absolute atomic E-state index is 0. The number of hydrogen-bond acceptors (Lipinski definition) is 9. The summed E-state index contributed by atoms with van der Waals surface area (Å²) < 4.78 is 8.05. The van der Waals surface area contributed by atoms with Crippen LogP contribution >= 0.6 is 0 Å². The van der Waals surface area contributed by atoms with Crippen LogP contribution in [0.25, 0.3) is 22.8 Å². The van der Waals surface area contributed by atoms with Crippen LogP contribution < -0.4 is 21.8 Å². The molecule has 0 aliphatic heterocycles. The second kappa shape index (κ2) is 21.8. The lowest BCUT2D eigenvalue weighted by Gasteiger charge is -2.11. The third kappa shape index (κ3) is 12.6. The molecule has 0 amide bonds. The van der Waals surface area contributed by atoms with Gasteiger partial charge in [0.05, 0.1) is 29.3 Å². The predicted molar refractivity (Wildman–Crippen MR) is 199 cm³/mol. The number of hydrazine groups is 1. The lowest BCUT2D eigenvalue weighted by molar-refractivity contribution is -0.546. The highest BCUT2D eigenvalue weighted by atomic mass is 16.7. The molecule has 4 rings (SSSR count). The normalized spacial score (nSPS) is 8.14. The van der Waals surface area contributed by atoms with Gasteiger partial charge in [-0.25, -0.2) is 14.8 Å². The molecule has 0 unspecified atom stereocenters. The van der Waals surface area contributed by atoms with Gasteiger partial charge in [-0.3, -0.25) is 10.4 Å². The molecule has 250 valence electrons. The number of aromatic nitrogens is 5. The Morgan fingerprint density at radius 1 is 0.960 bits per heavy atom. The molecule has 3 heterocycles. The zero-order valence-corrected chi connectivity index (χ0v) is 26.0. The standard InChI is InChI=1S/C18H15N5O2.C18H2.H3N5O2.6H2/c1-3-12-8-15-16(19-9-12)22(18(24)23-17(15)20-11-21-23)10-13-4-6-14(25-2)7-5-13;1-3-5-7-9-11-13-15-17-18-16-14-12-10-8-6-4-2;1-2-3-4-5(6)7;;;;;;/h3-9,11H,1,10H2,2H3;1-2H;(H2,1,3)(H,2,4);6*1H. The van der Waals surface area contributed by atoms with Gasteiger partial charge in [-0.2, -0.15) is 9.61 Å². The van der Waals surface area contributed by atoms with Gasteiger partial charge >= 0.3 is 5.69 Å². The second-order valence-corrected chi connectivity index (χ2v) is 8.17. The molecule has 0 spiro atoms. The van der Waals surface area contributed by atoms with Crippen molar-refractivity contribution in [3.8, 4) is 113 Å². The highest BCUT2D eigenvalue weighted by Gasteiger charge is 2.14. The SMILES string of the molecule is C#CC#CC#CC#CC#CC#CC#CC#CC#C.C=Cc1cnc2c(c1)c1ncnn1c(=O)n2Cc1ccc(OC)cc1.NN=NN[N+](=O)[O-].[HH].[HH].[HH].[HH].[HH].[HH]. The van der Waals surface area contributed by atoms with Crippen molar-refractivity contribution < 1.29 is 18.3 Å². The van der Waals surface area contributed by atoms with Crippen molar-refractivity contribution in [2.24, 2.45) is 16.3 Å². The largest absolute Gasteiger partial charge is 0.497 e. The van der Waals surface area contributed by atoms with E-state index in [0.717, 1.165) is 22.3 Å². The van der Waals surface area contributed by atoms with Gasteiger partial charge in [0, 0.05) is 20.3 Å². The first kappa shape index (κ1) is 37.3. The predicted octanol–water partition coefficient (Wildman–Crippen LogP) is 2.90. The van der Waals surface area contributed by atoms with Crippen LogP contribution in [0.1, 0.15) is 19.7 Å². The molecule has 14 nitrogen and oxygen atoms in total.